The lowest BCUT2D eigenvalue weighted by Gasteiger charge is -2.23. The molecule has 2 aromatic rings. The molecule has 0 radical (unpaired) electrons. The van der Waals surface area contributed by atoms with E-state index in [2.05, 4.69) is 35.8 Å². The third kappa shape index (κ3) is 5.84. The average molecular weight is 380 g/mol. The van der Waals surface area contributed by atoms with Gasteiger partial charge in [0, 0.05) is 31.2 Å². The Balaban J connectivity index is 1.58. The third-order valence-electron chi connectivity index (χ3n) is 4.82. The Bertz CT molecular complexity index is 830. The standard InChI is InChI=1S/C23H29N3O2/c1-3-6-22(27)25-20-10-5-8-18(14-20)15-24-23(28)26(21-11-12-21)16-19-9-4-7-17(2)13-19/h4-5,7-10,13-14,21H,3,6,11-12,15-16H2,1-2H3,(H,24,28)(H,25,27). The maximum atomic E-state index is 12.8. The van der Waals surface area contributed by atoms with Gasteiger partial charge in [-0.15, -0.1) is 0 Å². The molecule has 3 rings (SSSR count). The molecule has 0 aromatic heterocycles. The summed E-state index contributed by atoms with van der Waals surface area (Å²) in [5.41, 5.74) is 4.09. The first-order valence-electron chi connectivity index (χ1n) is 10.0. The average Bonchev–Trinajstić information content (AvgIpc) is 3.50. The van der Waals surface area contributed by atoms with Gasteiger partial charge in [-0.25, -0.2) is 4.79 Å². The third-order valence-corrected chi connectivity index (χ3v) is 4.82. The maximum absolute atomic E-state index is 12.8. The predicted octanol–water partition coefficient (Wildman–Crippen LogP) is 4.61. The summed E-state index contributed by atoms with van der Waals surface area (Å²) in [7, 11) is 0. The molecule has 0 aliphatic heterocycles. The van der Waals surface area contributed by atoms with Crippen LogP contribution in [0.5, 0.6) is 0 Å². The van der Waals surface area contributed by atoms with Crippen LogP contribution in [0.15, 0.2) is 48.5 Å². The SMILES string of the molecule is CCCC(=O)Nc1cccc(CNC(=O)N(Cc2cccc(C)c2)C2CC2)c1. The highest BCUT2D eigenvalue weighted by molar-refractivity contribution is 5.90. The minimum atomic E-state index is -0.0376. The first-order valence-corrected chi connectivity index (χ1v) is 10.0. The summed E-state index contributed by atoms with van der Waals surface area (Å²) < 4.78 is 0. The molecule has 0 heterocycles. The van der Waals surface area contributed by atoms with E-state index in [-0.39, 0.29) is 11.9 Å². The molecule has 28 heavy (non-hydrogen) atoms. The normalized spacial score (nSPS) is 13.1. The highest BCUT2D eigenvalue weighted by Crippen LogP contribution is 2.28. The monoisotopic (exact) mass is 379 g/mol. The zero-order valence-corrected chi connectivity index (χ0v) is 16.7. The second-order valence-corrected chi connectivity index (χ2v) is 7.51. The van der Waals surface area contributed by atoms with Crippen molar-refractivity contribution in [3.63, 3.8) is 0 Å². The topological polar surface area (TPSA) is 61.4 Å². The Morgan fingerprint density at radius 2 is 1.82 bits per heavy atom. The molecule has 148 valence electrons. The minimum Gasteiger partial charge on any atom is -0.334 e. The quantitative estimate of drug-likeness (QED) is 0.704. The number of nitrogens with one attached hydrogen (secondary N) is 2. The summed E-state index contributed by atoms with van der Waals surface area (Å²) in [4.78, 5) is 26.5. The zero-order chi connectivity index (χ0) is 19.9. The molecule has 2 N–H and O–H groups in total. The van der Waals surface area contributed by atoms with E-state index in [1.54, 1.807) is 0 Å². The van der Waals surface area contributed by atoms with Crippen molar-refractivity contribution in [1.82, 2.24) is 10.2 Å². The van der Waals surface area contributed by atoms with E-state index < -0.39 is 0 Å². The van der Waals surface area contributed by atoms with Crippen LogP contribution < -0.4 is 10.6 Å². The fourth-order valence-electron chi connectivity index (χ4n) is 3.25. The highest BCUT2D eigenvalue weighted by Gasteiger charge is 2.32. The summed E-state index contributed by atoms with van der Waals surface area (Å²) in [5, 5.41) is 5.93. The minimum absolute atomic E-state index is 0.0155. The van der Waals surface area contributed by atoms with Gasteiger partial charge in [0.25, 0.3) is 0 Å². The van der Waals surface area contributed by atoms with Gasteiger partial charge in [0.15, 0.2) is 0 Å². The lowest BCUT2D eigenvalue weighted by Crippen LogP contribution is -2.40. The molecule has 0 spiro atoms. The van der Waals surface area contributed by atoms with Crippen LogP contribution in [0.3, 0.4) is 0 Å². The number of aryl methyl sites for hydroxylation is 1. The van der Waals surface area contributed by atoms with E-state index in [0.29, 0.717) is 25.6 Å². The molecule has 1 saturated carbocycles. The van der Waals surface area contributed by atoms with Gasteiger partial charge >= 0.3 is 6.03 Å². The number of anilines is 1. The lowest BCUT2D eigenvalue weighted by atomic mass is 10.1. The smallest absolute Gasteiger partial charge is 0.318 e. The number of urea groups is 1. The van der Waals surface area contributed by atoms with Gasteiger partial charge in [-0.1, -0.05) is 48.9 Å². The summed E-state index contributed by atoms with van der Waals surface area (Å²) in [6.07, 6.45) is 3.46. The number of carbonyl (C=O) groups excluding carboxylic acids is 2. The summed E-state index contributed by atoms with van der Waals surface area (Å²) >= 11 is 0. The summed E-state index contributed by atoms with van der Waals surface area (Å²) in [6, 6.07) is 16.2. The van der Waals surface area contributed by atoms with Crippen LogP contribution in [0.25, 0.3) is 0 Å². The van der Waals surface area contributed by atoms with Crippen LogP contribution in [0.2, 0.25) is 0 Å². The molecule has 1 fully saturated rings. The molecule has 0 saturated heterocycles. The number of nitrogens with zero attached hydrogens (tertiary/aromatic N) is 1. The van der Waals surface area contributed by atoms with Gasteiger partial charge in [-0.05, 0) is 49.4 Å². The molecule has 0 atom stereocenters. The van der Waals surface area contributed by atoms with Gasteiger partial charge in [0.1, 0.15) is 0 Å². The van der Waals surface area contributed by atoms with Crippen molar-refractivity contribution in [3.05, 3.63) is 65.2 Å². The van der Waals surface area contributed by atoms with Gasteiger partial charge < -0.3 is 15.5 Å². The summed E-state index contributed by atoms with van der Waals surface area (Å²) in [5.74, 6) is 0.0155. The Hall–Kier alpha value is -2.82. The van der Waals surface area contributed by atoms with Gasteiger partial charge in [0.2, 0.25) is 5.91 Å². The number of hydrogen-bond donors (Lipinski definition) is 2. The van der Waals surface area contributed by atoms with Crippen LogP contribution in [0, 0.1) is 6.92 Å². The van der Waals surface area contributed by atoms with E-state index in [1.807, 2.05) is 42.2 Å². The van der Waals surface area contributed by atoms with E-state index in [9.17, 15) is 9.59 Å². The second kappa shape index (κ2) is 9.40. The number of benzene rings is 2. The first-order chi connectivity index (χ1) is 13.5. The van der Waals surface area contributed by atoms with Crippen molar-refractivity contribution < 1.29 is 9.59 Å². The number of carbonyl (C=O) groups is 2. The van der Waals surface area contributed by atoms with Crippen molar-refractivity contribution in [3.8, 4) is 0 Å². The second-order valence-electron chi connectivity index (χ2n) is 7.51. The first kappa shape index (κ1) is 19.9. The number of hydrogen-bond acceptors (Lipinski definition) is 2. The maximum Gasteiger partial charge on any atom is 0.318 e. The summed E-state index contributed by atoms with van der Waals surface area (Å²) in [6.45, 7) is 5.11. The molecule has 1 aliphatic rings. The van der Waals surface area contributed by atoms with Crippen LogP contribution in [0.1, 0.15) is 49.3 Å². The fraction of sp³-hybridized carbons (Fsp3) is 0.391. The van der Waals surface area contributed by atoms with Crippen LogP contribution >= 0.6 is 0 Å². The van der Waals surface area contributed by atoms with E-state index in [4.69, 9.17) is 0 Å². The molecule has 5 heteroatoms. The Morgan fingerprint density at radius 1 is 1.07 bits per heavy atom. The zero-order valence-electron chi connectivity index (χ0n) is 16.7. The van der Waals surface area contributed by atoms with Gasteiger partial charge in [-0.2, -0.15) is 0 Å². The van der Waals surface area contributed by atoms with Crippen LogP contribution in [-0.4, -0.2) is 22.9 Å². The molecular weight excluding hydrogens is 350 g/mol. The van der Waals surface area contributed by atoms with Crippen LogP contribution in [-0.2, 0) is 17.9 Å². The van der Waals surface area contributed by atoms with E-state index >= 15 is 0 Å². The molecule has 0 bridgehead atoms. The van der Waals surface area contributed by atoms with Crippen molar-refractivity contribution in [2.45, 2.75) is 58.7 Å². The Labute approximate surface area is 167 Å². The molecule has 3 amide bonds. The highest BCUT2D eigenvalue weighted by atomic mass is 16.2. The molecule has 5 nitrogen and oxygen atoms in total. The van der Waals surface area contributed by atoms with Crippen LogP contribution in [0.4, 0.5) is 10.5 Å². The Kier molecular flexibility index (Phi) is 6.69. The molecule has 0 unspecified atom stereocenters. The number of rotatable bonds is 8. The van der Waals surface area contributed by atoms with Crippen molar-refractivity contribution in [1.29, 1.82) is 0 Å². The Morgan fingerprint density at radius 3 is 2.54 bits per heavy atom. The lowest BCUT2D eigenvalue weighted by molar-refractivity contribution is -0.116. The van der Waals surface area contributed by atoms with E-state index in [0.717, 1.165) is 36.1 Å². The predicted molar refractivity (Wildman–Crippen MR) is 112 cm³/mol. The molecule has 1 aliphatic carbocycles. The van der Waals surface area contributed by atoms with Gasteiger partial charge in [-0.3, -0.25) is 4.79 Å². The van der Waals surface area contributed by atoms with Gasteiger partial charge in [0.05, 0.1) is 0 Å². The number of amides is 3. The molecular formula is C23H29N3O2. The van der Waals surface area contributed by atoms with Crippen molar-refractivity contribution in [2.24, 2.45) is 0 Å². The van der Waals surface area contributed by atoms with E-state index in [1.165, 1.54) is 5.56 Å². The van der Waals surface area contributed by atoms with Crippen molar-refractivity contribution in [2.75, 3.05) is 5.32 Å². The largest absolute Gasteiger partial charge is 0.334 e. The van der Waals surface area contributed by atoms with Crippen molar-refractivity contribution >= 4 is 17.6 Å². The fourth-order valence-corrected chi connectivity index (χ4v) is 3.25. The molecule has 2 aromatic carbocycles.